The van der Waals surface area contributed by atoms with Gasteiger partial charge in [0.1, 0.15) is 0 Å². The molecule has 1 saturated heterocycles. The van der Waals surface area contributed by atoms with Crippen LogP contribution in [0.25, 0.3) is 0 Å². The molecule has 0 saturated carbocycles. The first-order valence-electron chi connectivity index (χ1n) is 5.74. The molecule has 5 heteroatoms. The number of rotatable bonds is 4. The summed E-state index contributed by atoms with van der Waals surface area (Å²) in [5, 5.41) is 7.47. The van der Waals surface area contributed by atoms with E-state index < -0.39 is 0 Å². The fourth-order valence-electron chi connectivity index (χ4n) is 2.05. The molecule has 1 N–H and O–H groups in total. The van der Waals surface area contributed by atoms with Crippen LogP contribution in [0.5, 0.6) is 0 Å². The molecular formula is C12H19ClN2OS. The minimum absolute atomic E-state index is 0. The first-order chi connectivity index (χ1) is 7.75. The van der Waals surface area contributed by atoms with Gasteiger partial charge in [-0.1, -0.05) is 0 Å². The third-order valence-corrected chi connectivity index (χ3v) is 3.75. The fraction of sp³-hybridized carbons (Fsp3) is 0.583. The number of hydrogen-bond donors (Lipinski definition) is 1. The third-order valence-electron chi connectivity index (χ3n) is 3.02. The van der Waals surface area contributed by atoms with Crippen LogP contribution in [0, 0.1) is 0 Å². The first kappa shape index (κ1) is 14.5. The van der Waals surface area contributed by atoms with Gasteiger partial charge in [-0.2, -0.15) is 11.3 Å². The van der Waals surface area contributed by atoms with Crippen molar-refractivity contribution in [2.75, 3.05) is 20.1 Å². The summed E-state index contributed by atoms with van der Waals surface area (Å²) < 4.78 is 0. The predicted octanol–water partition coefficient (Wildman–Crippen LogP) is 1.92. The second kappa shape index (κ2) is 6.99. The third kappa shape index (κ3) is 4.30. The molecule has 0 aromatic carbocycles. The van der Waals surface area contributed by atoms with Gasteiger partial charge in [0.25, 0.3) is 0 Å². The minimum atomic E-state index is 0. The van der Waals surface area contributed by atoms with Gasteiger partial charge in [-0.3, -0.25) is 4.79 Å². The highest BCUT2D eigenvalue weighted by atomic mass is 35.5. The minimum Gasteiger partial charge on any atom is -0.344 e. The zero-order valence-electron chi connectivity index (χ0n) is 10.0. The van der Waals surface area contributed by atoms with Crippen LogP contribution in [-0.4, -0.2) is 37.0 Å². The van der Waals surface area contributed by atoms with Gasteiger partial charge in [0.2, 0.25) is 5.91 Å². The highest BCUT2D eigenvalue weighted by Gasteiger charge is 2.18. The van der Waals surface area contributed by atoms with E-state index in [0.717, 1.165) is 18.7 Å². The summed E-state index contributed by atoms with van der Waals surface area (Å²) in [6, 6.07) is 2.51. The molecule has 0 spiro atoms. The Hall–Kier alpha value is -0.580. The zero-order chi connectivity index (χ0) is 11.4. The lowest BCUT2D eigenvalue weighted by atomic mass is 10.2. The Kier molecular flexibility index (Phi) is 5.95. The van der Waals surface area contributed by atoms with Gasteiger partial charge in [-0.15, -0.1) is 12.4 Å². The van der Waals surface area contributed by atoms with E-state index >= 15 is 0 Å². The van der Waals surface area contributed by atoms with Crippen molar-refractivity contribution < 1.29 is 4.79 Å². The molecule has 1 amide bonds. The van der Waals surface area contributed by atoms with Gasteiger partial charge < -0.3 is 10.2 Å². The molecule has 1 aliphatic heterocycles. The van der Waals surface area contributed by atoms with E-state index in [1.165, 1.54) is 12.8 Å². The van der Waals surface area contributed by atoms with Crippen molar-refractivity contribution in [1.82, 2.24) is 10.2 Å². The van der Waals surface area contributed by atoms with Crippen LogP contribution in [0.4, 0.5) is 0 Å². The molecule has 0 radical (unpaired) electrons. The number of thiophene rings is 1. The maximum Gasteiger partial charge on any atom is 0.226 e. The molecule has 0 bridgehead atoms. The molecule has 96 valence electrons. The molecule has 2 rings (SSSR count). The largest absolute Gasteiger partial charge is 0.344 e. The van der Waals surface area contributed by atoms with Crippen molar-refractivity contribution in [3.05, 3.63) is 22.4 Å². The maximum atomic E-state index is 11.9. The van der Waals surface area contributed by atoms with Crippen molar-refractivity contribution in [3.63, 3.8) is 0 Å². The summed E-state index contributed by atoms with van der Waals surface area (Å²) in [5.74, 6) is 0.215. The van der Waals surface area contributed by atoms with Gasteiger partial charge >= 0.3 is 0 Å². The smallest absolute Gasteiger partial charge is 0.226 e. The number of carbonyl (C=O) groups is 1. The lowest BCUT2D eigenvalue weighted by molar-refractivity contribution is -0.129. The van der Waals surface area contributed by atoms with Crippen LogP contribution in [0.15, 0.2) is 16.8 Å². The topological polar surface area (TPSA) is 32.3 Å². The van der Waals surface area contributed by atoms with Crippen LogP contribution in [-0.2, 0) is 11.2 Å². The second-order valence-electron chi connectivity index (χ2n) is 4.38. The maximum absolute atomic E-state index is 11.9. The Bertz CT molecular complexity index is 336. The normalized spacial score (nSPS) is 18.8. The van der Waals surface area contributed by atoms with Crippen molar-refractivity contribution >= 4 is 29.7 Å². The van der Waals surface area contributed by atoms with Crippen LogP contribution in [0.1, 0.15) is 18.4 Å². The fourth-order valence-corrected chi connectivity index (χ4v) is 2.72. The molecule has 2 heterocycles. The lowest BCUT2D eigenvalue weighted by Crippen LogP contribution is -2.39. The highest BCUT2D eigenvalue weighted by Crippen LogP contribution is 2.10. The molecular weight excluding hydrogens is 256 g/mol. The molecule has 1 fully saturated rings. The van der Waals surface area contributed by atoms with Crippen LogP contribution < -0.4 is 5.32 Å². The number of likely N-dealkylation sites (N-methyl/N-ethyl adjacent to an activating group) is 1. The average Bonchev–Trinajstić information content (AvgIpc) is 2.90. The van der Waals surface area contributed by atoms with E-state index in [1.807, 2.05) is 28.8 Å². The number of nitrogens with one attached hydrogen (secondary N) is 1. The van der Waals surface area contributed by atoms with E-state index in [1.54, 1.807) is 11.3 Å². The van der Waals surface area contributed by atoms with Crippen molar-refractivity contribution in [3.8, 4) is 0 Å². The van der Waals surface area contributed by atoms with Crippen LogP contribution >= 0.6 is 23.7 Å². The molecule has 0 aliphatic carbocycles. The predicted molar refractivity (Wildman–Crippen MR) is 73.9 cm³/mol. The summed E-state index contributed by atoms with van der Waals surface area (Å²) in [5.41, 5.74) is 1.13. The summed E-state index contributed by atoms with van der Waals surface area (Å²) in [4.78, 5) is 13.7. The van der Waals surface area contributed by atoms with Crippen LogP contribution in [0.3, 0.4) is 0 Å². The summed E-state index contributed by atoms with van der Waals surface area (Å²) in [6.45, 7) is 1.93. The summed E-state index contributed by atoms with van der Waals surface area (Å²) in [6.07, 6.45) is 2.96. The number of amides is 1. The Balaban J connectivity index is 0.00000144. The van der Waals surface area contributed by atoms with E-state index in [4.69, 9.17) is 0 Å². The quantitative estimate of drug-likeness (QED) is 0.910. The second-order valence-corrected chi connectivity index (χ2v) is 5.16. The molecule has 1 atom stereocenters. The monoisotopic (exact) mass is 274 g/mol. The molecule has 17 heavy (non-hydrogen) atoms. The molecule has 1 aliphatic rings. The lowest BCUT2D eigenvalue weighted by Gasteiger charge is -2.21. The number of hydrogen-bond acceptors (Lipinski definition) is 3. The van der Waals surface area contributed by atoms with Crippen molar-refractivity contribution in [2.45, 2.75) is 25.3 Å². The Morgan fingerprint density at radius 2 is 2.47 bits per heavy atom. The van der Waals surface area contributed by atoms with Gasteiger partial charge in [0, 0.05) is 19.6 Å². The van der Waals surface area contributed by atoms with Gasteiger partial charge in [-0.05, 0) is 41.8 Å². The number of nitrogens with zero attached hydrogens (tertiary/aromatic N) is 1. The van der Waals surface area contributed by atoms with Gasteiger partial charge in [-0.25, -0.2) is 0 Å². The van der Waals surface area contributed by atoms with E-state index in [0.29, 0.717) is 12.5 Å². The number of carbonyl (C=O) groups excluding carboxylic acids is 1. The average molecular weight is 275 g/mol. The highest BCUT2D eigenvalue weighted by molar-refractivity contribution is 7.07. The van der Waals surface area contributed by atoms with Crippen molar-refractivity contribution in [1.29, 1.82) is 0 Å². The zero-order valence-corrected chi connectivity index (χ0v) is 11.6. The molecule has 1 aromatic heterocycles. The Morgan fingerprint density at radius 1 is 1.65 bits per heavy atom. The van der Waals surface area contributed by atoms with Gasteiger partial charge in [0.05, 0.1) is 6.42 Å². The molecule has 3 nitrogen and oxygen atoms in total. The summed E-state index contributed by atoms with van der Waals surface area (Å²) >= 11 is 1.64. The Morgan fingerprint density at radius 3 is 3.06 bits per heavy atom. The molecule has 1 aromatic rings. The van der Waals surface area contributed by atoms with Crippen LogP contribution in [0.2, 0.25) is 0 Å². The molecule has 1 unspecified atom stereocenters. The summed E-state index contributed by atoms with van der Waals surface area (Å²) in [7, 11) is 1.90. The SMILES string of the molecule is CN(CC1CCCN1)C(=O)Cc1ccsc1.Cl. The van der Waals surface area contributed by atoms with E-state index in [2.05, 4.69) is 5.32 Å². The van der Waals surface area contributed by atoms with Gasteiger partial charge in [0.15, 0.2) is 0 Å². The first-order valence-corrected chi connectivity index (χ1v) is 6.68. The number of halogens is 1. The van der Waals surface area contributed by atoms with E-state index in [-0.39, 0.29) is 18.3 Å². The Labute approximate surface area is 113 Å². The van der Waals surface area contributed by atoms with E-state index in [9.17, 15) is 4.79 Å². The standard InChI is InChI=1S/C12H18N2OS.ClH/c1-14(8-11-3-2-5-13-11)12(15)7-10-4-6-16-9-10;/h4,6,9,11,13H,2-3,5,7-8H2,1H3;1H. The van der Waals surface area contributed by atoms with Crippen molar-refractivity contribution in [2.24, 2.45) is 0 Å².